The third-order valence-corrected chi connectivity index (χ3v) is 3.48. The number of hydrogen-bond acceptors (Lipinski definition) is 5. The number of rotatable bonds is 7. The Labute approximate surface area is 152 Å². The molecular formula is C20H21NO5. The molecule has 0 atom stereocenters. The van der Waals surface area contributed by atoms with Gasteiger partial charge in [-0.15, -0.1) is 0 Å². The van der Waals surface area contributed by atoms with E-state index >= 15 is 0 Å². The number of amides is 1. The minimum absolute atomic E-state index is 0.293. The number of benzene rings is 2. The van der Waals surface area contributed by atoms with E-state index in [2.05, 4.69) is 5.32 Å². The zero-order valence-electron chi connectivity index (χ0n) is 14.8. The van der Waals surface area contributed by atoms with Crippen molar-refractivity contribution in [2.24, 2.45) is 0 Å². The van der Waals surface area contributed by atoms with E-state index < -0.39 is 5.97 Å². The lowest BCUT2D eigenvalue weighted by Gasteiger charge is -2.07. The van der Waals surface area contributed by atoms with Crippen molar-refractivity contribution in [3.63, 3.8) is 0 Å². The molecule has 0 aliphatic carbocycles. The summed E-state index contributed by atoms with van der Waals surface area (Å²) in [4.78, 5) is 34.3. The molecule has 2 aromatic carbocycles. The van der Waals surface area contributed by atoms with Gasteiger partial charge >= 0.3 is 11.9 Å². The second-order valence-corrected chi connectivity index (χ2v) is 5.62. The molecule has 2 aromatic rings. The molecule has 0 spiro atoms. The van der Waals surface area contributed by atoms with Crippen LogP contribution in [0.2, 0.25) is 0 Å². The standard InChI is InChI=1S/C20H21NO5/c1-3-12-21-19(23)13-25-20(24)17-6-4-15(5-7-17)16-8-10-18(11-9-16)26-14(2)22/h4-11H,3,12-13H2,1-2H3,(H,21,23). The Morgan fingerprint density at radius 2 is 1.50 bits per heavy atom. The first-order valence-electron chi connectivity index (χ1n) is 8.32. The highest BCUT2D eigenvalue weighted by molar-refractivity contribution is 5.91. The van der Waals surface area contributed by atoms with Gasteiger partial charge in [0, 0.05) is 13.5 Å². The third-order valence-electron chi connectivity index (χ3n) is 3.48. The molecule has 1 amide bonds. The van der Waals surface area contributed by atoms with Crippen LogP contribution in [0.4, 0.5) is 0 Å². The van der Waals surface area contributed by atoms with Gasteiger partial charge in [-0.2, -0.15) is 0 Å². The van der Waals surface area contributed by atoms with E-state index in [-0.39, 0.29) is 18.5 Å². The third kappa shape index (κ3) is 5.73. The van der Waals surface area contributed by atoms with Crippen LogP contribution >= 0.6 is 0 Å². The van der Waals surface area contributed by atoms with Crippen LogP contribution in [0.3, 0.4) is 0 Å². The van der Waals surface area contributed by atoms with Crippen molar-refractivity contribution < 1.29 is 23.9 Å². The smallest absolute Gasteiger partial charge is 0.338 e. The highest BCUT2D eigenvalue weighted by atomic mass is 16.5. The van der Waals surface area contributed by atoms with Gasteiger partial charge in [-0.1, -0.05) is 31.2 Å². The normalized spacial score (nSPS) is 10.1. The summed E-state index contributed by atoms with van der Waals surface area (Å²) in [5.74, 6) is -0.759. The van der Waals surface area contributed by atoms with Crippen molar-refractivity contribution in [2.75, 3.05) is 13.2 Å². The van der Waals surface area contributed by atoms with E-state index in [1.807, 2.05) is 19.1 Å². The molecule has 0 radical (unpaired) electrons. The number of hydrogen-bond donors (Lipinski definition) is 1. The van der Waals surface area contributed by atoms with Crippen LogP contribution < -0.4 is 10.1 Å². The predicted molar refractivity (Wildman–Crippen MR) is 96.8 cm³/mol. The van der Waals surface area contributed by atoms with Crippen molar-refractivity contribution in [2.45, 2.75) is 20.3 Å². The summed E-state index contributed by atoms with van der Waals surface area (Å²) in [5, 5.41) is 2.64. The van der Waals surface area contributed by atoms with Gasteiger partial charge in [0.05, 0.1) is 5.56 Å². The first-order valence-corrected chi connectivity index (χ1v) is 8.32. The Bertz CT molecular complexity index is 766. The van der Waals surface area contributed by atoms with E-state index in [0.29, 0.717) is 17.9 Å². The van der Waals surface area contributed by atoms with Crippen molar-refractivity contribution >= 4 is 17.8 Å². The van der Waals surface area contributed by atoms with Crippen LogP contribution in [0.25, 0.3) is 11.1 Å². The molecule has 2 rings (SSSR count). The molecule has 0 heterocycles. The van der Waals surface area contributed by atoms with Crippen LogP contribution in [0.5, 0.6) is 5.75 Å². The minimum atomic E-state index is -0.548. The van der Waals surface area contributed by atoms with Crippen LogP contribution in [-0.2, 0) is 14.3 Å². The summed E-state index contributed by atoms with van der Waals surface area (Å²) in [6, 6.07) is 13.9. The number of carbonyl (C=O) groups excluding carboxylic acids is 3. The predicted octanol–water partition coefficient (Wildman–Crippen LogP) is 2.96. The number of esters is 2. The molecule has 0 unspecified atom stereocenters. The van der Waals surface area contributed by atoms with E-state index in [1.54, 1.807) is 36.4 Å². The van der Waals surface area contributed by atoms with Crippen molar-refractivity contribution in [1.82, 2.24) is 5.32 Å². The molecular weight excluding hydrogens is 334 g/mol. The highest BCUT2D eigenvalue weighted by Gasteiger charge is 2.10. The molecule has 6 nitrogen and oxygen atoms in total. The molecule has 26 heavy (non-hydrogen) atoms. The number of carbonyl (C=O) groups is 3. The summed E-state index contributed by atoms with van der Waals surface area (Å²) >= 11 is 0. The fourth-order valence-corrected chi connectivity index (χ4v) is 2.21. The fraction of sp³-hybridized carbons (Fsp3) is 0.250. The quantitative estimate of drug-likeness (QED) is 0.610. The molecule has 0 aromatic heterocycles. The molecule has 0 aliphatic rings. The second kappa shape index (κ2) is 9.36. The van der Waals surface area contributed by atoms with Gasteiger partial charge in [0.1, 0.15) is 5.75 Å². The maximum Gasteiger partial charge on any atom is 0.338 e. The van der Waals surface area contributed by atoms with E-state index in [0.717, 1.165) is 17.5 Å². The molecule has 0 bridgehead atoms. The molecule has 0 saturated heterocycles. The highest BCUT2D eigenvalue weighted by Crippen LogP contribution is 2.23. The van der Waals surface area contributed by atoms with Crippen molar-refractivity contribution in [3.8, 4) is 16.9 Å². The van der Waals surface area contributed by atoms with Crippen LogP contribution in [0, 0.1) is 0 Å². The Morgan fingerprint density at radius 1 is 0.923 bits per heavy atom. The molecule has 1 N–H and O–H groups in total. The first kappa shape index (κ1) is 19.2. The number of nitrogens with one attached hydrogen (secondary N) is 1. The maximum absolute atomic E-state index is 12.0. The lowest BCUT2D eigenvalue weighted by atomic mass is 10.0. The van der Waals surface area contributed by atoms with Crippen LogP contribution in [0.1, 0.15) is 30.6 Å². The molecule has 136 valence electrons. The Balaban J connectivity index is 1.95. The molecule has 0 saturated carbocycles. The lowest BCUT2D eigenvalue weighted by molar-refractivity contribution is -0.131. The van der Waals surface area contributed by atoms with Gasteiger partial charge in [0.2, 0.25) is 0 Å². The molecule has 0 fully saturated rings. The van der Waals surface area contributed by atoms with Gasteiger partial charge in [0.25, 0.3) is 5.91 Å². The van der Waals surface area contributed by atoms with Gasteiger partial charge in [-0.25, -0.2) is 4.79 Å². The van der Waals surface area contributed by atoms with Crippen molar-refractivity contribution in [1.29, 1.82) is 0 Å². The maximum atomic E-state index is 12.0. The summed E-state index contributed by atoms with van der Waals surface area (Å²) in [7, 11) is 0. The van der Waals surface area contributed by atoms with Gasteiger partial charge in [-0.3, -0.25) is 9.59 Å². The minimum Gasteiger partial charge on any atom is -0.452 e. The Morgan fingerprint density at radius 3 is 2.04 bits per heavy atom. The van der Waals surface area contributed by atoms with E-state index in [9.17, 15) is 14.4 Å². The number of ether oxygens (including phenoxy) is 2. The molecule has 6 heteroatoms. The van der Waals surface area contributed by atoms with Gasteiger partial charge < -0.3 is 14.8 Å². The average molecular weight is 355 g/mol. The SMILES string of the molecule is CCCNC(=O)COC(=O)c1ccc(-c2ccc(OC(C)=O)cc2)cc1. The fourth-order valence-electron chi connectivity index (χ4n) is 2.21. The molecule has 0 aliphatic heterocycles. The van der Waals surface area contributed by atoms with Gasteiger partial charge in [0.15, 0.2) is 6.61 Å². The zero-order chi connectivity index (χ0) is 18.9. The average Bonchev–Trinajstić information content (AvgIpc) is 2.64. The largest absolute Gasteiger partial charge is 0.452 e. The van der Waals surface area contributed by atoms with E-state index in [4.69, 9.17) is 9.47 Å². The second-order valence-electron chi connectivity index (χ2n) is 5.62. The lowest BCUT2D eigenvalue weighted by Crippen LogP contribution is -2.29. The zero-order valence-corrected chi connectivity index (χ0v) is 14.8. The van der Waals surface area contributed by atoms with E-state index in [1.165, 1.54) is 6.92 Å². The van der Waals surface area contributed by atoms with Gasteiger partial charge in [-0.05, 0) is 41.8 Å². The summed E-state index contributed by atoms with van der Waals surface area (Å²) < 4.78 is 9.98. The monoisotopic (exact) mass is 355 g/mol. The summed E-state index contributed by atoms with van der Waals surface area (Å²) in [6.07, 6.45) is 0.822. The van der Waals surface area contributed by atoms with Crippen molar-refractivity contribution in [3.05, 3.63) is 54.1 Å². The summed E-state index contributed by atoms with van der Waals surface area (Å²) in [6.45, 7) is 3.55. The topological polar surface area (TPSA) is 81.7 Å². The Hall–Kier alpha value is -3.15. The van der Waals surface area contributed by atoms with Crippen LogP contribution in [0.15, 0.2) is 48.5 Å². The first-order chi connectivity index (χ1) is 12.5. The van der Waals surface area contributed by atoms with Crippen LogP contribution in [-0.4, -0.2) is 31.0 Å². The summed E-state index contributed by atoms with van der Waals surface area (Å²) in [5.41, 5.74) is 2.19. The Kier molecular flexibility index (Phi) is 6.91.